The van der Waals surface area contributed by atoms with Gasteiger partial charge in [-0.25, -0.2) is 0 Å². The average Bonchev–Trinajstić information content (AvgIpc) is 2.70. The van der Waals surface area contributed by atoms with Crippen LogP contribution in [0.4, 0.5) is 0 Å². The third-order valence-electron chi connectivity index (χ3n) is 2.50. The molecule has 0 fully saturated rings. The van der Waals surface area contributed by atoms with Crippen LogP contribution in [0.2, 0.25) is 0 Å². The molecule has 0 atom stereocenters. The first-order valence-electron chi connectivity index (χ1n) is 5.32. The number of H-pyrrole nitrogens is 1. The Morgan fingerprint density at radius 1 is 1.41 bits per heavy atom. The zero-order chi connectivity index (χ0) is 12.3. The van der Waals surface area contributed by atoms with E-state index in [-0.39, 0.29) is 5.91 Å². The van der Waals surface area contributed by atoms with Crippen molar-refractivity contribution in [3.05, 3.63) is 47.6 Å². The van der Waals surface area contributed by atoms with Crippen molar-refractivity contribution in [2.75, 3.05) is 6.54 Å². The Bertz CT molecular complexity index is 559. The Balaban J connectivity index is 2.08. The molecule has 0 aliphatic rings. The van der Waals surface area contributed by atoms with Crippen molar-refractivity contribution < 1.29 is 4.79 Å². The number of nitrogens with one attached hydrogen (secondary N) is 2. The normalized spacial score (nSPS) is 10.4. The van der Waals surface area contributed by atoms with Gasteiger partial charge in [0, 0.05) is 22.1 Å². The molecule has 0 unspecified atom stereocenters. The third-order valence-corrected chi connectivity index (χ3v) is 2.64. The summed E-state index contributed by atoms with van der Waals surface area (Å²) in [4.78, 5) is 14.8. The van der Waals surface area contributed by atoms with Crippen LogP contribution < -0.4 is 5.32 Å². The predicted octanol–water partition coefficient (Wildman–Crippen LogP) is 2.58. The topological polar surface area (TPSA) is 44.9 Å². The SMILES string of the molecule is C=C(Cl)CNC(=O)Cc1c[nH]c2ccccc12. The molecule has 3 nitrogen and oxygen atoms in total. The van der Waals surface area contributed by atoms with Crippen molar-refractivity contribution >= 4 is 28.4 Å². The van der Waals surface area contributed by atoms with Gasteiger partial charge in [0.1, 0.15) is 0 Å². The van der Waals surface area contributed by atoms with E-state index in [1.54, 1.807) is 0 Å². The molecule has 1 amide bonds. The van der Waals surface area contributed by atoms with E-state index in [0.717, 1.165) is 16.5 Å². The van der Waals surface area contributed by atoms with E-state index in [1.807, 2.05) is 30.5 Å². The van der Waals surface area contributed by atoms with Crippen LogP contribution >= 0.6 is 11.6 Å². The Hall–Kier alpha value is -1.74. The van der Waals surface area contributed by atoms with Crippen molar-refractivity contribution in [2.45, 2.75) is 6.42 Å². The maximum atomic E-state index is 11.6. The average molecular weight is 249 g/mol. The molecule has 0 saturated heterocycles. The van der Waals surface area contributed by atoms with Crippen LogP contribution in [0.25, 0.3) is 10.9 Å². The standard InChI is InChI=1S/C13H13ClN2O/c1-9(14)7-16-13(17)6-10-8-15-12-5-3-2-4-11(10)12/h2-5,8,15H,1,6-7H2,(H,16,17). The zero-order valence-corrected chi connectivity index (χ0v) is 10.1. The summed E-state index contributed by atoms with van der Waals surface area (Å²) in [5, 5.41) is 4.21. The molecule has 0 aliphatic heterocycles. The maximum absolute atomic E-state index is 11.6. The number of aromatic amines is 1. The summed E-state index contributed by atoms with van der Waals surface area (Å²) in [5.41, 5.74) is 2.02. The van der Waals surface area contributed by atoms with Gasteiger partial charge in [0.15, 0.2) is 0 Å². The summed E-state index contributed by atoms with van der Waals surface area (Å²) in [6, 6.07) is 7.89. The lowest BCUT2D eigenvalue weighted by atomic mass is 10.1. The van der Waals surface area contributed by atoms with E-state index in [4.69, 9.17) is 11.6 Å². The van der Waals surface area contributed by atoms with Crippen molar-refractivity contribution in [2.24, 2.45) is 0 Å². The summed E-state index contributed by atoms with van der Waals surface area (Å²) in [6.45, 7) is 3.83. The fraction of sp³-hybridized carbons (Fsp3) is 0.154. The van der Waals surface area contributed by atoms with Crippen molar-refractivity contribution in [3.63, 3.8) is 0 Å². The number of carbonyl (C=O) groups excluding carboxylic acids is 1. The maximum Gasteiger partial charge on any atom is 0.224 e. The van der Waals surface area contributed by atoms with E-state index >= 15 is 0 Å². The van der Waals surface area contributed by atoms with Crippen LogP contribution in [-0.4, -0.2) is 17.4 Å². The first-order valence-corrected chi connectivity index (χ1v) is 5.69. The van der Waals surface area contributed by atoms with Crippen LogP contribution in [0.1, 0.15) is 5.56 Å². The Morgan fingerprint density at radius 2 is 2.18 bits per heavy atom. The molecule has 0 saturated carbocycles. The van der Waals surface area contributed by atoms with E-state index in [2.05, 4.69) is 16.9 Å². The highest BCUT2D eigenvalue weighted by Crippen LogP contribution is 2.17. The molecular weight excluding hydrogens is 236 g/mol. The van der Waals surface area contributed by atoms with Crippen molar-refractivity contribution in [1.29, 1.82) is 0 Å². The minimum Gasteiger partial charge on any atom is -0.361 e. The Kier molecular flexibility index (Phi) is 3.49. The molecule has 0 aliphatic carbocycles. The van der Waals surface area contributed by atoms with Crippen LogP contribution in [0.5, 0.6) is 0 Å². The highest BCUT2D eigenvalue weighted by molar-refractivity contribution is 6.29. The molecular formula is C13H13ClN2O. The predicted molar refractivity (Wildman–Crippen MR) is 70.0 cm³/mol. The monoisotopic (exact) mass is 248 g/mol. The van der Waals surface area contributed by atoms with Gasteiger partial charge in [0.25, 0.3) is 0 Å². The van der Waals surface area contributed by atoms with Gasteiger partial charge in [-0.3, -0.25) is 4.79 Å². The number of benzene rings is 1. The van der Waals surface area contributed by atoms with Crippen LogP contribution in [-0.2, 0) is 11.2 Å². The number of fused-ring (bicyclic) bond motifs is 1. The first-order chi connectivity index (χ1) is 8.16. The number of rotatable bonds is 4. The lowest BCUT2D eigenvalue weighted by Crippen LogP contribution is -2.25. The van der Waals surface area contributed by atoms with Crippen LogP contribution in [0.15, 0.2) is 42.1 Å². The number of hydrogen-bond donors (Lipinski definition) is 2. The smallest absolute Gasteiger partial charge is 0.224 e. The number of para-hydroxylation sites is 1. The third kappa shape index (κ3) is 2.88. The number of carbonyl (C=O) groups is 1. The van der Waals surface area contributed by atoms with Crippen molar-refractivity contribution in [3.8, 4) is 0 Å². The van der Waals surface area contributed by atoms with Gasteiger partial charge >= 0.3 is 0 Å². The fourth-order valence-electron chi connectivity index (χ4n) is 1.71. The summed E-state index contributed by atoms with van der Waals surface area (Å²) >= 11 is 5.58. The number of amides is 1. The molecule has 2 aromatic rings. The molecule has 1 aromatic carbocycles. The van der Waals surface area contributed by atoms with Gasteiger partial charge in [-0.15, -0.1) is 0 Å². The second-order valence-corrected chi connectivity index (χ2v) is 4.36. The van der Waals surface area contributed by atoms with Gasteiger partial charge in [-0.05, 0) is 11.6 Å². The molecule has 0 spiro atoms. The van der Waals surface area contributed by atoms with Gasteiger partial charge in [-0.2, -0.15) is 0 Å². The highest BCUT2D eigenvalue weighted by atomic mass is 35.5. The Labute approximate surface area is 104 Å². The molecule has 2 N–H and O–H groups in total. The second-order valence-electron chi connectivity index (χ2n) is 3.83. The molecule has 88 valence electrons. The quantitative estimate of drug-likeness (QED) is 0.858. The van der Waals surface area contributed by atoms with Crippen LogP contribution in [0, 0.1) is 0 Å². The molecule has 2 rings (SSSR count). The summed E-state index contributed by atoms with van der Waals surface area (Å²) < 4.78 is 0. The summed E-state index contributed by atoms with van der Waals surface area (Å²) in [6.07, 6.45) is 2.20. The molecule has 0 radical (unpaired) electrons. The minimum atomic E-state index is -0.0587. The fourth-order valence-corrected chi connectivity index (χ4v) is 1.77. The molecule has 4 heteroatoms. The van der Waals surface area contributed by atoms with E-state index in [1.165, 1.54) is 0 Å². The van der Waals surface area contributed by atoms with Gasteiger partial charge in [0.2, 0.25) is 5.91 Å². The molecule has 1 heterocycles. The van der Waals surface area contributed by atoms with E-state index in [0.29, 0.717) is 18.0 Å². The number of halogens is 1. The van der Waals surface area contributed by atoms with E-state index < -0.39 is 0 Å². The lowest BCUT2D eigenvalue weighted by molar-refractivity contribution is -0.120. The summed E-state index contributed by atoms with van der Waals surface area (Å²) in [7, 11) is 0. The Morgan fingerprint density at radius 3 is 2.94 bits per heavy atom. The zero-order valence-electron chi connectivity index (χ0n) is 9.29. The highest BCUT2D eigenvalue weighted by Gasteiger charge is 2.07. The largest absolute Gasteiger partial charge is 0.361 e. The van der Waals surface area contributed by atoms with Gasteiger partial charge in [-0.1, -0.05) is 36.4 Å². The first kappa shape index (κ1) is 11.7. The van der Waals surface area contributed by atoms with Gasteiger partial charge < -0.3 is 10.3 Å². The van der Waals surface area contributed by atoms with Crippen molar-refractivity contribution in [1.82, 2.24) is 10.3 Å². The minimum absolute atomic E-state index is 0.0587. The number of aromatic nitrogens is 1. The van der Waals surface area contributed by atoms with E-state index in [9.17, 15) is 4.79 Å². The number of hydrogen-bond acceptors (Lipinski definition) is 1. The second kappa shape index (κ2) is 5.06. The molecule has 1 aromatic heterocycles. The summed E-state index contributed by atoms with van der Waals surface area (Å²) in [5.74, 6) is -0.0587. The molecule has 17 heavy (non-hydrogen) atoms. The van der Waals surface area contributed by atoms with Gasteiger partial charge in [0.05, 0.1) is 13.0 Å². The molecule has 0 bridgehead atoms. The lowest BCUT2D eigenvalue weighted by Gasteiger charge is -2.02. The van der Waals surface area contributed by atoms with Crippen LogP contribution in [0.3, 0.4) is 0 Å².